The highest BCUT2D eigenvalue weighted by Gasteiger charge is 2.16. The molecule has 1 heterocycles. The predicted octanol–water partition coefficient (Wildman–Crippen LogP) is 5.45. The number of nitrogens with zero attached hydrogens (tertiary/aromatic N) is 2. The van der Waals surface area contributed by atoms with E-state index in [0.717, 1.165) is 28.3 Å². The molecule has 0 fully saturated rings. The second-order valence-corrected chi connectivity index (χ2v) is 9.28. The van der Waals surface area contributed by atoms with Crippen LogP contribution in [0.5, 0.6) is 0 Å². The summed E-state index contributed by atoms with van der Waals surface area (Å²) in [5.74, 6) is 0.551. The zero-order valence-electron chi connectivity index (χ0n) is 20.0. The minimum atomic E-state index is -0.167. The number of carbonyl (C=O) groups is 2. The summed E-state index contributed by atoms with van der Waals surface area (Å²) >= 11 is 1.77. The number of thioether (sulfide) groups is 1. The largest absolute Gasteiger partial charge is 0.355 e. The van der Waals surface area contributed by atoms with E-state index in [4.69, 9.17) is 0 Å². The van der Waals surface area contributed by atoms with Crippen molar-refractivity contribution in [3.05, 3.63) is 113 Å². The van der Waals surface area contributed by atoms with Crippen molar-refractivity contribution >= 4 is 29.3 Å². The van der Waals surface area contributed by atoms with Gasteiger partial charge in [-0.15, -0.1) is 11.8 Å². The van der Waals surface area contributed by atoms with E-state index >= 15 is 0 Å². The smallest absolute Gasteiger partial charge is 0.255 e. The molecular formula is C28H28N4O2S. The van der Waals surface area contributed by atoms with Gasteiger partial charge in [-0.3, -0.25) is 14.3 Å². The van der Waals surface area contributed by atoms with Crippen LogP contribution in [0.4, 0.5) is 5.69 Å². The Balaban J connectivity index is 1.42. The number of hydrogen-bond donors (Lipinski definition) is 2. The number of amides is 2. The molecule has 0 aliphatic carbocycles. The number of aryl methyl sites for hydroxylation is 1. The third-order valence-corrected chi connectivity index (χ3v) is 6.82. The number of nitrogens with one attached hydrogen (secondary N) is 2. The number of aromatic nitrogens is 2. The monoisotopic (exact) mass is 484 g/mol. The summed E-state index contributed by atoms with van der Waals surface area (Å²) in [7, 11) is 1.61. The van der Waals surface area contributed by atoms with E-state index in [9.17, 15) is 9.59 Å². The Kier molecular flexibility index (Phi) is 7.67. The highest BCUT2D eigenvalue weighted by atomic mass is 32.2. The van der Waals surface area contributed by atoms with Crippen LogP contribution >= 0.6 is 11.8 Å². The summed E-state index contributed by atoms with van der Waals surface area (Å²) in [6, 6.07) is 25.4. The van der Waals surface area contributed by atoms with Gasteiger partial charge in [-0.25, -0.2) is 0 Å². The van der Waals surface area contributed by atoms with Crippen LogP contribution in [-0.4, -0.2) is 28.6 Å². The van der Waals surface area contributed by atoms with Gasteiger partial charge < -0.3 is 10.6 Å². The number of rotatable bonds is 8. The lowest BCUT2D eigenvalue weighted by molar-refractivity contribution is 0.0962. The van der Waals surface area contributed by atoms with Gasteiger partial charge in [0.15, 0.2) is 0 Å². The molecule has 0 aliphatic rings. The number of carbonyl (C=O) groups excluding carboxylic acids is 2. The van der Waals surface area contributed by atoms with Gasteiger partial charge in [-0.1, -0.05) is 42.5 Å². The van der Waals surface area contributed by atoms with Crippen LogP contribution < -0.4 is 10.6 Å². The van der Waals surface area contributed by atoms with Gasteiger partial charge in [0.25, 0.3) is 11.8 Å². The normalized spacial score (nSPS) is 10.7. The minimum absolute atomic E-state index is 0.127. The van der Waals surface area contributed by atoms with Crippen molar-refractivity contribution in [3.8, 4) is 0 Å². The minimum Gasteiger partial charge on any atom is -0.355 e. The molecule has 3 aromatic carbocycles. The van der Waals surface area contributed by atoms with Crippen LogP contribution in [-0.2, 0) is 12.3 Å². The topological polar surface area (TPSA) is 76.0 Å². The van der Waals surface area contributed by atoms with Gasteiger partial charge in [0, 0.05) is 28.8 Å². The lowest BCUT2D eigenvalue weighted by Crippen LogP contribution is -2.18. The van der Waals surface area contributed by atoms with Crippen LogP contribution in [0.2, 0.25) is 0 Å². The third-order valence-electron chi connectivity index (χ3n) is 5.73. The van der Waals surface area contributed by atoms with Crippen LogP contribution in [0.1, 0.15) is 43.2 Å². The molecule has 0 unspecified atom stereocenters. The van der Waals surface area contributed by atoms with Gasteiger partial charge in [0.2, 0.25) is 0 Å². The van der Waals surface area contributed by atoms with Crippen LogP contribution in [0, 0.1) is 13.8 Å². The first-order valence-corrected chi connectivity index (χ1v) is 12.4. The molecule has 35 heavy (non-hydrogen) atoms. The SMILES string of the molecule is CNC(=O)c1cccc(Cn2nc(C)c(NC(=O)c3ccc(CSc4ccccc4)cc3)c2C)c1. The van der Waals surface area contributed by atoms with Crippen LogP contribution in [0.15, 0.2) is 83.8 Å². The molecule has 4 aromatic rings. The Bertz CT molecular complexity index is 1330. The van der Waals surface area contributed by atoms with Crippen molar-refractivity contribution in [3.63, 3.8) is 0 Å². The van der Waals surface area contributed by atoms with Gasteiger partial charge >= 0.3 is 0 Å². The average Bonchev–Trinajstić information content (AvgIpc) is 3.15. The maximum absolute atomic E-state index is 12.9. The summed E-state index contributed by atoms with van der Waals surface area (Å²) in [5.41, 5.74) is 5.63. The summed E-state index contributed by atoms with van der Waals surface area (Å²) in [5, 5.41) is 10.3. The molecule has 0 spiro atoms. The first-order chi connectivity index (χ1) is 16.9. The standard InChI is InChI=1S/C28H28N4O2S/c1-19-26(20(2)32(31-19)17-22-8-7-9-24(16-22)27(33)29-3)30-28(34)23-14-12-21(13-15-23)18-35-25-10-5-4-6-11-25/h4-16H,17-18H2,1-3H3,(H,29,33)(H,30,34). The second-order valence-electron chi connectivity index (χ2n) is 8.24. The molecular weight excluding hydrogens is 456 g/mol. The zero-order valence-corrected chi connectivity index (χ0v) is 20.9. The number of hydrogen-bond acceptors (Lipinski definition) is 4. The summed E-state index contributed by atoms with van der Waals surface area (Å²) in [6.07, 6.45) is 0. The maximum Gasteiger partial charge on any atom is 0.255 e. The van der Waals surface area contributed by atoms with Crippen molar-refractivity contribution in [2.75, 3.05) is 12.4 Å². The Morgan fingerprint density at radius 2 is 1.60 bits per heavy atom. The van der Waals surface area contributed by atoms with E-state index in [0.29, 0.717) is 23.4 Å². The molecule has 0 bridgehead atoms. The van der Waals surface area contributed by atoms with Crippen molar-refractivity contribution in [2.45, 2.75) is 31.0 Å². The Labute approximate surface area is 209 Å². The summed E-state index contributed by atoms with van der Waals surface area (Å²) in [6.45, 7) is 4.31. The molecule has 7 heteroatoms. The third kappa shape index (κ3) is 6.00. The van der Waals surface area contributed by atoms with E-state index in [2.05, 4.69) is 27.9 Å². The Morgan fingerprint density at radius 1 is 0.857 bits per heavy atom. The van der Waals surface area contributed by atoms with E-state index in [1.54, 1.807) is 24.9 Å². The number of anilines is 1. The van der Waals surface area contributed by atoms with E-state index in [1.807, 2.05) is 79.2 Å². The first kappa shape index (κ1) is 24.3. The lowest BCUT2D eigenvalue weighted by atomic mass is 10.1. The second kappa shape index (κ2) is 11.1. The zero-order chi connectivity index (χ0) is 24.8. The predicted molar refractivity (Wildman–Crippen MR) is 141 cm³/mol. The summed E-state index contributed by atoms with van der Waals surface area (Å²) in [4.78, 5) is 26.1. The Hall–Kier alpha value is -3.84. The van der Waals surface area contributed by atoms with Gasteiger partial charge in [-0.2, -0.15) is 5.10 Å². The lowest BCUT2D eigenvalue weighted by Gasteiger charge is -2.09. The average molecular weight is 485 g/mol. The van der Waals surface area contributed by atoms with E-state index in [-0.39, 0.29) is 11.8 Å². The van der Waals surface area contributed by atoms with Gasteiger partial charge in [-0.05, 0) is 61.4 Å². The van der Waals surface area contributed by atoms with Crippen molar-refractivity contribution in [2.24, 2.45) is 0 Å². The molecule has 0 atom stereocenters. The first-order valence-electron chi connectivity index (χ1n) is 11.4. The number of benzene rings is 3. The molecule has 6 nitrogen and oxygen atoms in total. The van der Waals surface area contributed by atoms with Crippen molar-refractivity contribution < 1.29 is 9.59 Å². The van der Waals surface area contributed by atoms with Gasteiger partial charge in [0.05, 0.1) is 23.6 Å². The molecule has 2 N–H and O–H groups in total. The fraction of sp³-hybridized carbons (Fsp3) is 0.179. The van der Waals surface area contributed by atoms with Crippen LogP contribution in [0.25, 0.3) is 0 Å². The highest BCUT2D eigenvalue weighted by Crippen LogP contribution is 2.24. The maximum atomic E-state index is 12.9. The quantitative estimate of drug-likeness (QED) is 0.326. The molecule has 0 saturated carbocycles. The molecule has 0 aliphatic heterocycles. The highest BCUT2D eigenvalue weighted by molar-refractivity contribution is 7.98. The molecule has 4 rings (SSSR count). The van der Waals surface area contributed by atoms with E-state index in [1.165, 1.54) is 4.90 Å². The fourth-order valence-corrected chi connectivity index (χ4v) is 4.66. The van der Waals surface area contributed by atoms with Gasteiger partial charge in [0.1, 0.15) is 0 Å². The Morgan fingerprint density at radius 3 is 2.31 bits per heavy atom. The van der Waals surface area contributed by atoms with Crippen LogP contribution in [0.3, 0.4) is 0 Å². The molecule has 0 saturated heterocycles. The fourth-order valence-electron chi connectivity index (χ4n) is 3.78. The molecule has 178 valence electrons. The van der Waals surface area contributed by atoms with Crippen molar-refractivity contribution in [1.29, 1.82) is 0 Å². The molecule has 2 amide bonds. The molecule has 1 aromatic heterocycles. The van der Waals surface area contributed by atoms with E-state index < -0.39 is 0 Å². The van der Waals surface area contributed by atoms with Crippen molar-refractivity contribution in [1.82, 2.24) is 15.1 Å². The molecule has 0 radical (unpaired) electrons. The summed E-state index contributed by atoms with van der Waals surface area (Å²) < 4.78 is 1.85.